The van der Waals surface area contributed by atoms with Crippen LogP contribution < -0.4 is 10.9 Å². The second-order valence-corrected chi connectivity index (χ2v) is 7.32. The fraction of sp³-hybridized carbons (Fsp3) is 0.364. The molecule has 1 amide bonds. The molecule has 7 heteroatoms. The molecule has 0 aliphatic heterocycles. The van der Waals surface area contributed by atoms with Crippen molar-refractivity contribution >= 4 is 11.9 Å². The minimum absolute atomic E-state index is 0.247. The van der Waals surface area contributed by atoms with Crippen LogP contribution >= 0.6 is 0 Å². The number of nitrogens with one attached hydrogen (secondary N) is 1. The van der Waals surface area contributed by atoms with Crippen LogP contribution in [0.2, 0.25) is 0 Å². The predicted octanol–water partition coefficient (Wildman–Crippen LogP) is 2.56. The van der Waals surface area contributed by atoms with Gasteiger partial charge in [0, 0.05) is 17.4 Å². The first-order valence-electron chi connectivity index (χ1n) is 9.55. The number of aromatic nitrogens is 1. The molecule has 1 aliphatic carbocycles. The van der Waals surface area contributed by atoms with E-state index in [1.165, 1.54) is 10.6 Å². The summed E-state index contributed by atoms with van der Waals surface area (Å²) in [5.41, 5.74) is 0.689. The minimum Gasteiger partial charge on any atom is -0.452 e. The summed E-state index contributed by atoms with van der Waals surface area (Å²) in [4.78, 5) is 37.4. The maximum Gasteiger partial charge on any atom is 0.340 e. The molecule has 150 valence electrons. The van der Waals surface area contributed by atoms with E-state index in [2.05, 4.69) is 11.4 Å². The lowest BCUT2D eigenvalue weighted by Gasteiger charge is -2.22. The second kappa shape index (κ2) is 8.31. The molecule has 1 aromatic heterocycles. The van der Waals surface area contributed by atoms with E-state index in [0.717, 1.165) is 12.8 Å². The van der Waals surface area contributed by atoms with Gasteiger partial charge in [-0.3, -0.25) is 14.2 Å². The van der Waals surface area contributed by atoms with Gasteiger partial charge in [0.1, 0.15) is 5.54 Å². The highest BCUT2D eigenvalue weighted by Crippen LogP contribution is 2.28. The largest absolute Gasteiger partial charge is 0.452 e. The number of amides is 1. The van der Waals surface area contributed by atoms with E-state index in [0.29, 0.717) is 29.8 Å². The highest BCUT2D eigenvalue weighted by molar-refractivity contribution is 5.94. The van der Waals surface area contributed by atoms with Gasteiger partial charge in [-0.2, -0.15) is 5.26 Å². The number of esters is 1. The van der Waals surface area contributed by atoms with Crippen LogP contribution in [-0.4, -0.2) is 28.6 Å². The molecule has 1 fully saturated rings. The van der Waals surface area contributed by atoms with E-state index < -0.39 is 24.0 Å². The van der Waals surface area contributed by atoms with E-state index in [-0.39, 0.29) is 11.1 Å². The monoisotopic (exact) mass is 393 g/mol. The lowest BCUT2D eigenvalue weighted by molar-refractivity contribution is -0.125. The summed E-state index contributed by atoms with van der Waals surface area (Å²) in [7, 11) is 0. The Morgan fingerprint density at radius 1 is 1.21 bits per heavy atom. The molecule has 0 radical (unpaired) electrons. The zero-order valence-electron chi connectivity index (χ0n) is 16.5. The Hall–Kier alpha value is -3.40. The number of nitriles is 1. The van der Waals surface area contributed by atoms with Crippen LogP contribution in [0.25, 0.3) is 5.69 Å². The fourth-order valence-corrected chi connectivity index (χ4v) is 3.84. The van der Waals surface area contributed by atoms with Gasteiger partial charge in [0.2, 0.25) is 0 Å². The molecule has 2 aromatic rings. The van der Waals surface area contributed by atoms with Crippen LogP contribution in [0.15, 0.2) is 41.2 Å². The third kappa shape index (κ3) is 4.21. The van der Waals surface area contributed by atoms with Crippen LogP contribution in [0.3, 0.4) is 0 Å². The Morgan fingerprint density at radius 3 is 2.48 bits per heavy atom. The number of hydrogen-bond acceptors (Lipinski definition) is 5. The van der Waals surface area contributed by atoms with Gasteiger partial charge in [-0.05, 0) is 57.2 Å². The number of hydrogen-bond donors (Lipinski definition) is 1. The molecule has 0 spiro atoms. The van der Waals surface area contributed by atoms with E-state index in [4.69, 9.17) is 4.74 Å². The fourth-order valence-electron chi connectivity index (χ4n) is 3.84. The number of aryl methyl sites for hydroxylation is 1. The average Bonchev–Trinajstić information content (AvgIpc) is 3.16. The Labute approximate surface area is 168 Å². The topological polar surface area (TPSA) is 101 Å². The van der Waals surface area contributed by atoms with Gasteiger partial charge in [-0.1, -0.05) is 18.2 Å². The number of para-hydroxylation sites is 1. The van der Waals surface area contributed by atoms with Crippen molar-refractivity contribution in [3.05, 3.63) is 63.6 Å². The van der Waals surface area contributed by atoms with Gasteiger partial charge in [-0.25, -0.2) is 4.79 Å². The molecule has 3 rings (SSSR count). The quantitative estimate of drug-likeness (QED) is 0.787. The Bertz CT molecular complexity index is 1030. The van der Waals surface area contributed by atoms with Crippen LogP contribution in [-0.2, 0) is 9.53 Å². The standard InChI is InChI=1S/C22H23N3O4/c1-15-12-19(27)25(17-8-4-3-5-9-17)16(2)20(15)21(28)29-13-18(26)24-22(14-23)10-6-7-11-22/h3-5,8-9,12H,6-7,10-11,13H2,1-2H3,(H,24,26). The van der Waals surface area contributed by atoms with Crippen molar-refractivity contribution in [2.24, 2.45) is 0 Å². The molecule has 1 aliphatic rings. The molecule has 1 saturated carbocycles. The van der Waals surface area contributed by atoms with Gasteiger partial charge < -0.3 is 10.1 Å². The van der Waals surface area contributed by atoms with Crippen molar-refractivity contribution < 1.29 is 14.3 Å². The first kappa shape index (κ1) is 20.3. The summed E-state index contributed by atoms with van der Waals surface area (Å²) in [6, 6.07) is 12.5. The second-order valence-electron chi connectivity index (χ2n) is 7.32. The molecule has 1 N–H and O–H groups in total. The van der Waals surface area contributed by atoms with Gasteiger partial charge >= 0.3 is 5.97 Å². The average molecular weight is 393 g/mol. The summed E-state index contributed by atoms with van der Waals surface area (Å²) >= 11 is 0. The molecule has 0 saturated heterocycles. The minimum atomic E-state index is -0.865. The van der Waals surface area contributed by atoms with Crippen molar-refractivity contribution in [2.75, 3.05) is 6.61 Å². The number of carbonyl (C=O) groups excluding carboxylic acids is 2. The highest BCUT2D eigenvalue weighted by atomic mass is 16.5. The first-order chi connectivity index (χ1) is 13.9. The molecule has 0 bridgehead atoms. The van der Waals surface area contributed by atoms with Crippen LogP contribution in [0.4, 0.5) is 0 Å². The molecular formula is C22H23N3O4. The van der Waals surface area contributed by atoms with Gasteiger partial charge in [0.25, 0.3) is 11.5 Å². The number of benzene rings is 1. The van der Waals surface area contributed by atoms with Crippen LogP contribution in [0.1, 0.15) is 47.3 Å². The maximum atomic E-state index is 12.7. The van der Waals surface area contributed by atoms with E-state index in [1.54, 1.807) is 38.1 Å². The summed E-state index contributed by atoms with van der Waals surface area (Å²) in [6.07, 6.45) is 2.97. The number of rotatable bonds is 5. The summed E-state index contributed by atoms with van der Waals surface area (Å²) in [5, 5.41) is 12.0. The molecule has 29 heavy (non-hydrogen) atoms. The van der Waals surface area contributed by atoms with E-state index in [1.807, 2.05) is 6.07 Å². The lowest BCUT2D eigenvalue weighted by Crippen LogP contribution is -2.46. The van der Waals surface area contributed by atoms with Crippen molar-refractivity contribution in [3.8, 4) is 11.8 Å². The smallest absolute Gasteiger partial charge is 0.340 e. The molecule has 1 heterocycles. The van der Waals surface area contributed by atoms with E-state index >= 15 is 0 Å². The Morgan fingerprint density at radius 2 is 1.86 bits per heavy atom. The Kier molecular flexibility index (Phi) is 5.83. The van der Waals surface area contributed by atoms with Crippen LogP contribution in [0, 0.1) is 25.2 Å². The van der Waals surface area contributed by atoms with Crippen molar-refractivity contribution in [1.29, 1.82) is 5.26 Å². The summed E-state index contributed by atoms with van der Waals surface area (Å²) in [6.45, 7) is 2.84. The normalized spacial score (nSPS) is 14.8. The molecule has 7 nitrogen and oxygen atoms in total. The summed E-state index contributed by atoms with van der Waals surface area (Å²) in [5.74, 6) is -1.19. The number of ether oxygens (including phenoxy) is 1. The number of carbonyl (C=O) groups is 2. The number of pyridine rings is 1. The van der Waals surface area contributed by atoms with Gasteiger partial charge in [0.15, 0.2) is 6.61 Å². The van der Waals surface area contributed by atoms with Gasteiger partial charge in [-0.15, -0.1) is 0 Å². The van der Waals surface area contributed by atoms with E-state index in [9.17, 15) is 19.6 Å². The third-order valence-corrected chi connectivity index (χ3v) is 5.25. The lowest BCUT2D eigenvalue weighted by atomic mass is 10.00. The Balaban J connectivity index is 1.78. The highest BCUT2D eigenvalue weighted by Gasteiger charge is 2.35. The SMILES string of the molecule is Cc1cc(=O)n(-c2ccccc2)c(C)c1C(=O)OCC(=O)NC1(C#N)CCCC1. The third-order valence-electron chi connectivity index (χ3n) is 5.25. The predicted molar refractivity (Wildman–Crippen MR) is 107 cm³/mol. The van der Waals surface area contributed by atoms with Crippen molar-refractivity contribution in [1.82, 2.24) is 9.88 Å². The van der Waals surface area contributed by atoms with Crippen molar-refractivity contribution in [3.63, 3.8) is 0 Å². The molecule has 1 aromatic carbocycles. The number of nitrogens with zero attached hydrogens (tertiary/aromatic N) is 2. The molecule has 0 atom stereocenters. The van der Waals surface area contributed by atoms with Crippen LogP contribution in [0.5, 0.6) is 0 Å². The maximum absolute atomic E-state index is 12.7. The van der Waals surface area contributed by atoms with Crippen molar-refractivity contribution in [2.45, 2.75) is 45.1 Å². The molecular weight excluding hydrogens is 370 g/mol. The first-order valence-corrected chi connectivity index (χ1v) is 9.55. The zero-order chi connectivity index (χ0) is 21.0. The molecule has 0 unspecified atom stereocenters. The summed E-state index contributed by atoms with van der Waals surface area (Å²) < 4.78 is 6.64. The van der Waals surface area contributed by atoms with Gasteiger partial charge in [0.05, 0.1) is 11.6 Å². The zero-order valence-corrected chi connectivity index (χ0v) is 16.5.